The van der Waals surface area contributed by atoms with E-state index in [0.717, 1.165) is 37.1 Å². The number of nitrogens with zero attached hydrogens (tertiary/aromatic N) is 2. The molecule has 2 bridgehead atoms. The molecule has 1 heterocycles. The average Bonchev–Trinajstić information content (AvgIpc) is 3.39. The number of fused-ring (bicyclic) bond motifs is 2. The number of aliphatic imine (C=N–C) groups is 1. The molecule has 1 amide bonds. The number of amides is 1. The zero-order valence-electron chi connectivity index (χ0n) is 23.9. The van der Waals surface area contributed by atoms with Gasteiger partial charge in [0.1, 0.15) is 17.2 Å². The van der Waals surface area contributed by atoms with E-state index in [4.69, 9.17) is 4.99 Å². The highest BCUT2D eigenvalue weighted by atomic mass is 32.2. The molecule has 3 atom stereocenters. The van der Waals surface area contributed by atoms with Gasteiger partial charge in [-0.2, -0.15) is 17.5 Å². The van der Waals surface area contributed by atoms with Crippen LogP contribution in [0.15, 0.2) is 88.8 Å². The molecule has 2 N–H and O–H groups in total. The van der Waals surface area contributed by atoms with Crippen LogP contribution in [0.3, 0.4) is 0 Å². The summed E-state index contributed by atoms with van der Waals surface area (Å²) in [4.78, 5) is 17.8. The van der Waals surface area contributed by atoms with Gasteiger partial charge in [0.15, 0.2) is 0 Å². The van der Waals surface area contributed by atoms with Gasteiger partial charge in [-0.1, -0.05) is 30.3 Å². The van der Waals surface area contributed by atoms with Crippen molar-refractivity contribution < 1.29 is 30.8 Å². The zero-order chi connectivity index (χ0) is 31.3. The molecule has 44 heavy (non-hydrogen) atoms. The Morgan fingerprint density at radius 1 is 0.977 bits per heavy atom. The Hall–Kier alpha value is -3.77. The number of halogens is 4. The topological polar surface area (TPSA) is 90.9 Å². The molecule has 2 unspecified atom stereocenters. The monoisotopic (exact) mass is 628 g/mol. The lowest BCUT2D eigenvalue weighted by molar-refractivity contribution is -0.137. The molecule has 3 saturated carbocycles. The maximum Gasteiger partial charge on any atom is 0.416 e. The van der Waals surface area contributed by atoms with E-state index in [-0.39, 0.29) is 41.6 Å². The number of carbonyl (C=O) groups is 1. The summed E-state index contributed by atoms with van der Waals surface area (Å²) in [5, 5.41) is 6.26. The summed E-state index contributed by atoms with van der Waals surface area (Å²) in [5.41, 5.74) is -0.735. The van der Waals surface area contributed by atoms with Crippen molar-refractivity contribution in [2.24, 2.45) is 22.7 Å². The van der Waals surface area contributed by atoms with Crippen LogP contribution in [0.4, 0.5) is 23.2 Å². The molecule has 3 fully saturated rings. The summed E-state index contributed by atoms with van der Waals surface area (Å²) < 4.78 is 82.8. The zero-order valence-corrected chi connectivity index (χ0v) is 24.7. The third-order valence-corrected chi connectivity index (χ3v) is 11.0. The van der Waals surface area contributed by atoms with Crippen molar-refractivity contribution in [2.45, 2.75) is 55.4 Å². The highest BCUT2D eigenvalue weighted by Gasteiger charge is 2.53. The Balaban J connectivity index is 1.25. The molecule has 12 heteroatoms. The number of amidine groups is 1. The van der Waals surface area contributed by atoms with E-state index in [9.17, 15) is 30.8 Å². The van der Waals surface area contributed by atoms with Crippen LogP contribution < -0.4 is 10.6 Å². The van der Waals surface area contributed by atoms with Gasteiger partial charge in [0.25, 0.3) is 5.91 Å². The molecule has 7 rings (SSSR count). The van der Waals surface area contributed by atoms with E-state index in [1.165, 1.54) is 28.6 Å². The number of alkyl halides is 3. The number of nitrogens with one attached hydrogen (secondary N) is 2. The summed E-state index contributed by atoms with van der Waals surface area (Å²) in [6.45, 7) is 1.86. The molecule has 0 spiro atoms. The lowest BCUT2D eigenvalue weighted by Crippen LogP contribution is -2.59. The maximum atomic E-state index is 14.1. The van der Waals surface area contributed by atoms with Crippen LogP contribution in [-0.2, 0) is 27.5 Å². The van der Waals surface area contributed by atoms with Crippen LogP contribution in [0.1, 0.15) is 37.3 Å². The molecule has 3 aliphatic carbocycles. The van der Waals surface area contributed by atoms with Gasteiger partial charge < -0.3 is 10.6 Å². The van der Waals surface area contributed by atoms with E-state index in [0.29, 0.717) is 23.5 Å². The second-order valence-corrected chi connectivity index (χ2v) is 14.0. The van der Waals surface area contributed by atoms with Crippen molar-refractivity contribution in [1.29, 1.82) is 0 Å². The second kappa shape index (κ2) is 11.3. The second-order valence-electron chi connectivity index (χ2n) is 12.1. The SMILES string of the molecule is C[C@]1(C(=O)Nc2ccccc2)CN=C(C2CC(N(Cc3ccc(C(F)(F)F)cc3)S(=O)(=O)c3ccc(F)cc3)C3CC2C3)N1. The van der Waals surface area contributed by atoms with Gasteiger partial charge in [0, 0.05) is 24.2 Å². The minimum absolute atomic E-state index is 0.0516. The molecule has 1 aliphatic heterocycles. The van der Waals surface area contributed by atoms with Crippen LogP contribution in [-0.4, -0.2) is 42.6 Å². The molecule has 3 aromatic carbocycles. The van der Waals surface area contributed by atoms with Gasteiger partial charge in [-0.25, -0.2) is 12.8 Å². The summed E-state index contributed by atoms with van der Waals surface area (Å²) in [6.07, 6.45) is -2.58. The van der Waals surface area contributed by atoms with Crippen LogP contribution in [0.25, 0.3) is 0 Å². The number of carbonyl (C=O) groups excluding carboxylic acids is 1. The van der Waals surface area contributed by atoms with Crippen LogP contribution in [0.2, 0.25) is 0 Å². The van der Waals surface area contributed by atoms with E-state index < -0.39 is 39.2 Å². The van der Waals surface area contributed by atoms with Crippen molar-refractivity contribution >= 4 is 27.5 Å². The van der Waals surface area contributed by atoms with E-state index in [2.05, 4.69) is 10.6 Å². The van der Waals surface area contributed by atoms with Crippen molar-refractivity contribution in [3.8, 4) is 0 Å². The van der Waals surface area contributed by atoms with Crippen molar-refractivity contribution in [2.75, 3.05) is 11.9 Å². The van der Waals surface area contributed by atoms with E-state index in [1.807, 2.05) is 18.2 Å². The Morgan fingerprint density at radius 3 is 2.27 bits per heavy atom. The van der Waals surface area contributed by atoms with Crippen molar-refractivity contribution in [1.82, 2.24) is 9.62 Å². The highest BCUT2D eigenvalue weighted by molar-refractivity contribution is 7.89. The first-order valence-corrected chi connectivity index (χ1v) is 15.9. The molecule has 0 aromatic heterocycles. The third-order valence-electron chi connectivity index (χ3n) is 9.08. The minimum Gasteiger partial charge on any atom is -0.358 e. The largest absolute Gasteiger partial charge is 0.416 e. The van der Waals surface area contributed by atoms with Gasteiger partial charge in [-0.05, 0) is 92.1 Å². The number of benzene rings is 3. The molecule has 0 radical (unpaired) electrons. The van der Waals surface area contributed by atoms with Gasteiger partial charge in [0.05, 0.1) is 17.0 Å². The van der Waals surface area contributed by atoms with Crippen molar-refractivity contribution in [3.63, 3.8) is 0 Å². The van der Waals surface area contributed by atoms with Crippen LogP contribution in [0.5, 0.6) is 0 Å². The first-order valence-electron chi connectivity index (χ1n) is 14.5. The normalized spacial score (nSPS) is 26.5. The predicted molar refractivity (Wildman–Crippen MR) is 158 cm³/mol. The fraction of sp³-hybridized carbons (Fsp3) is 0.375. The summed E-state index contributed by atoms with van der Waals surface area (Å²) in [5.74, 6) is 0.0400. The number of sulfonamides is 1. The summed E-state index contributed by atoms with van der Waals surface area (Å²) in [6, 6.07) is 17.7. The third kappa shape index (κ3) is 5.84. The minimum atomic E-state index is -4.52. The first-order chi connectivity index (χ1) is 20.8. The predicted octanol–water partition coefficient (Wildman–Crippen LogP) is 5.85. The number of hydrogen-bond donors (Lipinski definition) is 2. The number of rotatable bonds is 8. The van der Waals surface area contributed by atoms with Gasteiger partial charge in [0.2, 0.25) is 10.0 Å². The van der Waals surface area contributed by atoms with E-state index in [1.54, 1.807) is 19.1 Å². The Kier molecular flexibility index (Phi) is 7.77. The molecular weight excluding hydrogens is 596 g/mol. The smallest absolute Gasteiger partial charge is 0.358 e. The molecule has 7 nitrogen and oxygen atoms in total. The standard InChI is InChI=1S/C32H32F4N4O3S/c1-31(30(41)38-25-5-3-2-4-6-25)19-37-29(39-31)27-17-28(22-15-21(27)16-22)40(44(42,43)26-13-11-24(33)12-14-26)18-20-7-9-23(10-8-20)32(34,35)36/h2-14,21-22,27-28H,15-19H2,1H3,(H,37,39)(H,38,41)/t21?,22?,27?,28?,31-/m1/s1. The summed E-state index contributed by atoms with van der Waals surface area (Å²) >= 11 is 0. The highest BCUT2D eigenvalue weighted by Crippen LogP contribution is 2.52. The van der Waals surface area contributed by atoms with E-state index >= 15 is 0 Å². The fourth-order valence-corrected chi connectivity index (χ4v) is 8.20. The molecule has 4 aliphatic rings. The van der Waals surface area contributed by atoms with Crippen LogP contribution in [0, 0.1) is 23.6 Å². The van der Waals surface area contributed by atoms with Crippen LogP contribution >= 0.6 is 0 Å². The maximum absolute atomic E-state index is 14.1. The van der Waals surface area contributed by atoms with Gasteiger partial charge in [-0.3, -0.25) is 9.79 Å². The Labute approximate surface area is 253 Å². The fourth-order valence-electron chi connectivity index (χ4n) is 6.52. The van der Waals surface area contributed by atoms with Crippen molar-refractivity contribution in [3.05, 3.63) is 95.8 Å². The lowest BCUT2D eigenvalue weighted by Gasteiger charge is -2.54. The number of hydrogen-bond acceptors (Lipinski definition) is 5. The lowest BCUT2D eigenvalue weighted by atomic mass is 9.57. The molecular formula is C32H32F4N4O3S. The number of anilines is 1. The molecule has 0 saturated heterocycles. The average molecular weight is 629 g/mol. The summed E-state index contributed by atoms with van der Waals surface area (Å²) in [7, 11) is -4.16. The Bertz CT molecular complexity index is 1660. The number of para-hydroxylation sites is 1. The first kappa shape index (κ1) is 30.3. The quantitative estimate of drug-likeness (QED) is 0.307. The van der Waals surface area contributed by atoms with Gasteiger partial charge in [-0.15, -0.1) is 0 Å². The molecule has 232 valence electrons. The Morgan fingerprint density at radius 2 is 1.64 bits per heavy atom. The molecule has 3 aromatic rings. The van der Waals surface area contributed by atoms with Gasteiger partial charge >= 0.3 is 6.18 Å².